The van der Waals surface area contributed by atoms with Crippen LogP contribution in [0.5, 0.6) is 0 Å². The third-order valence-electron chi connectivity index (χ3n) is 5.01. The van der Waals surface area contributed by atoms with Crippen LogP contribution >= 0.6 is 35.3 Å². The molecule has 2 heterocycles. The second-order valence-electron chi connectivity index (χ2n) is 7.60. The summed E-state index contributed by atoms with van der Waals surface area (Å²) < 4.78 is 0. The number of aliphatic hydroxyl groups is 1. The Kier molecular flexibility index (Phi) is 11.8. The summed E-state index contributed by atoms with van der Waals surface area (Å²) in [5.41, 5.74) is -0.915. The number of thiophene rings is 1. The van der Waals surface area contributed by atoms with Crippen molar-refractivity contribution in [3.8, 4) is 0 Å². The van der Waals surface area contributed by atoms with Crippen molar-refractivity contribution in [3.05, 3.63) is 22.4 Å². The van der Waals surface area contributed by atoms with E-state index in [4.69, 9.17) is 0 Å². The molecule has 1 saturated heterocycles. The molecular formula is C20H37IN4OS. The van der Waals surface area contributed by atoms with Gasteiger partial charge in [-0.2, -0.15) is 0 Å². The fourth-order valence-electron chi connectivity index (χ4n) is 3.19. The normalized spacial score (nSPS) is 18.6. The zero-order chi connectivity index (χ0) is 18.8. The van der Waals surface area contributed by atoms with Crippen LogP contribution < -0.4 is 10.6 Å². The summed E-state index contributed by atoms with van der Waals surface area (Å²) in [6, 6.07) is 3.92. The number of aliphatic imine (C=N–C) groups is 1. The van der Waals surface area contributed by atoms with Crippen molar-refractivity contribution in [2.24, 2.45) is 10.9 Å². The van der Waals surface area contributed by atoms with Gasteiger partial charge < -0.3 is 20.6 Å². The first-order valence-corrected chi connectivity index (χ1v) is 10.9. The molecule has 1 fully saturated rings. The first kappa shape index (κ1) is 24.7. The fourth-order valence-corrected chi connectivity index (χ4v) is 3.97. The van der Waals surface area contributed by atoms with E-state index in [2.05, 4.69) is 34.4 Å². The summed E-state index contributed by atoms with van der Waals surface area (Å²) in [6.07, 6.45) is 5.05. The molecule has 3 N–H and O–H groups in total. The van der Waals surface area contributed by atoms with Crippen molar-refractivity contribution in [3.63, 3.8) is 0 Å². The maximum atomic E-state index is 10.6. The maximum Gasteiger partial charge on any atom is 0.191 e. The third kappa shape index (κ3) is 9.11. The van der Waals surface area contributed by atoms with Crippen LogP contribution in [-0.2, 0) is 5.60 Å². The van der Waals surface area contributed by atoms with Gasteiger partial charge in [0.25, 0.3) is 0 Å². The Hall–Kier alpha value is -0.380. The van der Waals surface area contributed by atoms with Crippen molar-refractivity contribution < 1.29 is 5.11 Å². The predicted octanol–water partition coefficient (Wildman–Crippen LogP) is 3.64. The number of unbranched alkanes of at least 4 members (excludes halogenated alkanes) is 1. The Bertz CT molecular complexity index is 528. The van der Waals surface area contributed by atoms with Crippen LogP contribution in [0.3, 0.4) is 0 Å². The smallest absolute Gasteiger partial charge is 0.191 e. The Morgan fingerprint density at radius 3 is 2.70 bits per heavy atom. The number of likely N-dealkylation sites (tertiary alicyclic amines) is 1. The molecule has 156 valence electrons. The van der Waals surface area contributed by atoms with Gasteiger partial charge in [-0.3, -0.25) is 0 Å². The summed E-state index contributed by atoms with van der Waals surface area (Å²) >= 11 is 1.57. The lowest BCUT2D eigenvalue weighted by molar-refractivity contribution is 0.0711. The number of hydrogen-bond acceptors (Lipinski definition) is 4. The van der Waals surface area contributed by atoms with Gasteiger partial charge in [0.15, 0.2) is 5.96 Å². The molecule has 2 rings (SSSR count). The fraction of sp³-hybridized carbons (Fsp3) is 0.750. The summed E-state index contributed by atoms with van der Waals surface area (Å²) in [4.78, 5) is 8.12. The molecule has 1 aliphatic heterocycles. The van der Waals surface area contributed by atoms with Gasteiger partial charge in [-0.15, -0.1) is 35.3 Å². The minimum atomic E-state index is -0.915. The molecule has 1 atom stereocenters. The number of halogens is 1. The van der Waals surface area contributed by atoms with Gasteiger partial charge in [0.2, 0.25) is 0 Å². The molecule has 5 nitrogen and oxygen atoms in total. The highest BCUT2D eigenvalue weighted by Crippen LogP contribution is 2.25. The Labute approximate surface area is 186 Å². The van der Waals surface area contributed by atoms with E-state index in [1.807, 2.05) is 24.4 Å². The van der Waals surface area contributed by atoms with Crippen molar-refractivity contribution >= 4 is 41.3 Å². The van der Waals surface area contributed by atoms with E-state index in [1.165, 1.54) is 38.9 Å². The molecule has 0 spiro atoms. The van der Waals surface area contributed by atoms with Gasteiger partial charge in [-0.25, -0.2) is 4.99 Å². The van der Waals surface area contributed by atoms with Gasteiger partial charge in [0.1, 0.15) is 5.60 Å². The molecule has 0 saturated carbocycles. The predicted molar refractivity (Wildman–Crippen MR) is 127 cm³/mol. The van der Waals surface area contributed by atoms with E-state index in [9.17, 15) is 5.11 Å². The lowest BCUT2D eigenvalue weighted by Crippen LogP contribution is -2.39. The molecule has 27 heavy (non-hydrogen) atoms. The minimum Gasteiger partial charge on any atom is -0.383 e. The van der Waals surface area contributed by atoms with Crippen LogP contribution in [0.2, 0.25) is 0 Å². The Morgan fingerprint density at radius 2 is 2.07 bits per heavy atom. The molecule has 0 radical (unpaired) electrons. The highest BCUT2D eigenvalue weighted by molar-refractivity contribution is 14.0. The van der Waals surface area contributed by atoms with Gasteiger partial charge in [0.05, 0.1) is 6.54 Å². The molecule has 1 aliphatic rings. The molecule has 0 aliphatic carbocycles. The Morgan fingerprint density at radius 1 is 1.33 bits per heavy atom. The number of nitrogens with zero attached hydrogens (tertiary/aromatic N) is 2. The van der Waals surface area contributed by atoms with Crippen LogP contribution in [0.1, 0.15) is 51.3 Å². The average Bonchev–Trinajstić information content (AvgIpc) is 3.16. The summed E-state index contributed by atoms with van der Waals surface area (Å²) in [5.74, 6) is 1.69. The van der Waals surface area contributed by atoms with Crippen LogP contribution in [-0.4, -0.2) is 55.2 Å². The summed E-state index contributed by atoms with van der Waals surface area (Å²) in [7, 11) is 0. The van der Waals surface area contributed by atoms with Crippen LogP contribution in [0.15, 0.2) is 22.5 Å². The molecule has 0 amide bonds. The first-order chi connectivity index (χ1) is 12.5. The van der Waals surface area contributed by atoms with Crippen LogP contribution in [0.25, 0.3) is 0 Å². The molecule has 7 heteroatoms. The van der Waals surface area contributed by atoms with Crippen LogP contribution in [0, 0.1) is 5.92 Å². The van der Waals surface area contributed by atoms with E-state index in [1.54, 1.807) is 11.3 Å². The van der Waals surface area contributed by atoms with E-state index in [0.29, 0.717) is 6.54 Å². The molecule has 1 aromatic heterocycles. The number of rotatable bonds is 9. The maximum absolute atomic E-state index is 10.6. The lowest BCUT2D eigenvalue weighted by Gasteiger charge is -2.30. The van der Waals surface area contributed by atoms with Crippen molar-refractivity contribution in [1.82, 2.24) is 15.5 Å². The third-order valence-corrected chi connectivity index (χ3v) is 6.13. The van der Waals surface area contributed by atoms with Crippen LogP contribution in [0.4, 0.5) is 0 Å². The standard InChI is InChI=1S/C20H36N4OS.HI/c1-4-21-19(23-16-20(3,25)18-8-7-15-26-18)22-11-5-6-12-24-13-9-17(2)10-14-24;/h7-8,15,17,25H,4-6,9-14,16H2,1-3H3,(H2,21,22,23);1H. The zero-order valence-corrected chi connectivity index (χ0v) is 20.2. The van der Waals surface area contributed by atoms with E-state index in [-0.39, 0.29) is 24.0 Å². The van der Waals surface area contributed by atoms with Gasteiger partial charge in [-0.1, -0.05) is 13.0 Å². The SMILES string of the molecule is CCNC(=NCC(C)(O)c1cccs1)NCCCCN1CCC(C)CC1.I. The van der Waals surface area contributed by atoms with Crippen molar-refractivity contribution in [1.29, 1.82) is 0 Å². The quantitative estimate of drug-likeness (QED) is 0.206. The second kappa shape index (κ2) is 13.0. The minimum absolute atomic E-state index is 0. The number of piperidine rings is 1. The van der Waals surface area contributed by atoms with E-state index in [0.717, 1.165) is 36.3 Å². The van der Waals surface area contributed by atoms with Crippen molar-refractivity contribution in [2.45, 2.75) is 52.1 Å². The zero-order valence-electron chi connectivity index (χ0n) is 17.0. The summed E-state index contributed by atoms with van der Waals surface area (Å²) in [6.45, 7) is 12.1. The van der Waals surface area contributed by atoms with Crippen molar-refractivity contribution in [2.75, 3.05) is 39.3 Å². The number of hydrogen-bond donors (Lipinski definition) is 3. The molecule has 1 aromatic rings. The topological polar surface area (TPSA) is 59.9 Å². The first-order valence-electron chi connectivity index (χ1n) is 10.0. The van der Waals surface area contributed by atoms with Gasteiger partial charge in [0, 0.05) is 18.0 Å². The lowest BCUT2D eigenvalue weighted by atomic mass is 9.99. The average molecular weight is 509 g/mol. The largest absolute Gasteiger partial charge is 0.383 e. The molecular weight excluding hydrogens is 471 g/mol. The second-order valence-corrected chi connectivity index (χ2v) is 8.55. The van der Waals surface area contributed by atoms with E-state index < -0.39 is 5.60 Å². The molecule has 1 unspecified atom stereocenters. The van der Waals surface area contributed by atoms with E-state index >= 15 is 0 Å². The monoisotopic (exact) mass is 508 g/mol. The molecule has 0 bridgehead atoms. The highest BCUT2D eigenvalue weighted by Gasteiger charge is 2.24. The Balaban J connectivity index is 0.00000364. The highest BCUT2D eigenvalue weighted by atomic mass is 127. The van der Waals surface area contributed by atoms with Gasteiger partial charge >= 0.3 is 0 Å². The molecule has 0 aromatic carbocycles. The number of guanidine groups is 1. The summed E-state index contributed by atoms with van der Waals surface area (Å²) in [5, 5.41) is 19.3. The van der Waals surface area contributed by atoms with Gasteiger partial charge in [-0.05, 0) is 76.5 Å². The number of nitrogens with one attached hydrogen (secondary N) is 2.